The molecule has 2 rings (SSSR count). The van der Waals surface area contributed by atoms with Crippen molar-refractivity contribution < 1.29 is 14.7 Å². The molecule has 0 atom stereocenters. The summed E-state index contributed by atoms with van der Waals surface area (Å²) in [7, 11) is 5.83. The van der Waals surface area contributed by atoms with Crippen LogP contribution in [-0.2, 0) is 0 Å². The van der Waals surface area contributed by atoms with Crippen molar-refractivity contribution in [2.24, 2.45) is 0 Å². The highest BCUT2D eigenvalue weighted by Crippen LogP contribution is 2.27. The number of rotatable bonds is 7. The highest BCUT2D eigenvalue weighted by atomic mass is 16.3. The molecule has 0 saturated carbocycles. The molecule has 1 amide bonds. The van der Waals surface area contributed by atoms with Gasteiger partial charge in [0.25, 0.3) is 5.91 Å². The van der Waals surface area contributed by atoms with E-state index >= 15 is 0 Å². The van der Waals surface area contributed by atoms with E-state index in [1.807, 2.05) is 32.3 Å². The maximum absolute atomic E-state index is 12.7. The van der Waals surface area contributed by atoms with Crippen LogP contribution in [0.25, 0.3) is 11.1 Å². The fraction of sp³-hybridized carbons (Fsp3) is 0.333. The highest BCUT2D eigenvalue weighted by Gasteiger charge is 2.13. The third-order valence-electron chi connectivity index (χ3n) is 4.26. The van der Waals surface area contributed by atoms with E-state index in [9.17, 15) is 14.7 Å². The fourth-order valence-corrected chi connectivity index (χ4v) is 2.78. The Labute approximate surface area is 154 Å². The average Bonchev–Trinajstić information content (AvgIpc) is 2.61. The third-order valence-corrected chi connectivity index (χ3v) is 4.26. The maximum Gasteiger partial charge on any atom is 0.253 e. The number of phenols is 1. The van der Waals surface area contributed by atoms with Crippen LogP contribution in [-0.4, -0.2) is 60.8 Å². The molecule has 0 saturated heterocycles. The minimum atomic E-state index is -0.197. The van der Waals surface area contributed by atoms with Crippen molar-refractivity contribution in [1.29, 1.82) is 0 Å². The summed E-state index contributed by atoms with van der Waals surface area (Å²) in [5.74, 6) is -0.262. The standard InChI is InChI=1S/C21H26N2O3/c1-15(24)19-14-17(9-10-20(19)25)16-7-5-8-18(13-16)21(26)23(4)12-6-11-22(2)3/h5,7-10,13-14,25H,6,11-12H2,1-4H3. The molecule has 2 aromatic rings. The van der Waals surface area contributed by atoms with Crippen LogP contribution in [0, 0.1) is 0 Å². The Balaban J connectivity index is 2.21. The van der Waals surface area contributed by atoms with Crippen molar-refractivity contribution in [2.45, 2.75) is 13.3 Å². The second-order valence-corrected chi connectivity index (χ2v) is 6.75. The molecule has 1 N–H and O–H groups in total. The molecule has 2 aromatic carbocycles. The van der Waals surface area contributed by atoms with Gasteiger partial charge in [-0.05, 0) is 69.4 Å². The summed E-state index contributed by atoms with van der Waals surface area (Å²) in [5.41, 5.74) is 2.50. The Kier molecular flexibility index (Phi) is 6.52. The number of nitrogens with zero attached hydrogens (tertiary/aromatic N) is 2. The Morgan fingerprint density at radius 2 is 1.65 bits per heavy atom. The maximum atomic E-state index is 12.7. The van der Waals surface area contributed by atoms with Crippen LogP contribution in [0.4, 0.5) is 0 Å². The second kappa shape index (κ2) is 8.63. The molecule has 0 aliphatic rings. The highest BCUT2D eigenvalue weighted by molar-refractivity contribution is 5.98. The lowest BCUT2D eigenvalue weighted by atomic mass is 9.99. The van der Waals surface area contributed by atoms with Gasteiger partial charge in [0.05, 0.1) is 5.56 Å². The molecule has 0 spiro atoms. The largest absolute Gasteiger partial charge is 0.507 e. The van der Waals surface area contributed by atoms with Gasteiger partial charge in [-0.2, -0.15) is 0 Å². The molecular formula is C21H26N2O3. The molecule has 0 aliphatic carbocycles. The Bertz CT molecular complexity index is 800. The summed E-state index contributed by atoms with van der Waals surface area (Å²) in [6.07, 6.45) is 0.912. The lowest BCUT2D eigenvalue weighted by molar-refractivity contribution is 0.0790. The molecule has 0 aliphatic heterocycles. The van der Waals surface area contributed by atoms with Crippen molar-refractivity contribution in [3.05, 3.63) is 53.6 Å². The van der Waals surface area contributed by atoms with E-state index < -0.39 is 0 Å². The van der Waals surface area contributed by atoms with E-state index in [1.165, 1.54) is 13.0 Å². The zero-order valence-corrected chi connectivity index (χ0v) is 15.8. The zero-order chi connectivity index (χ0) is 19.3. The number of amides is 1. The molecule has 0 aromatic heterocycles. The van der Waals surface area contributed by atoms with E-state index in [0.717, 1.165) is 24.1 Å². The quantitative estimate of drug-likeness (QED) is 0.775. The van der Waals surface area contributed by atoms with Gasteiger partial charge in [0.1, 0.15) is 5.75 Å². The van der Waals surface area contributed by atoms with Crippen molar-refractivity contribution in [3.8, 4) is 16.9 Å². The van der Waals surface area contributed by atoms with E-state index in [-0.39, 0.29) is 23.0 Å². The lowest BCUT2D eigenvalue weighted by Crippen LogP contribution is -2.29. The predicted octanol–water partition coefficient (Wildman–Crippen LogP) is 3.29. The van der Waals surface area contributed by atoms with Gasteiger partial charge in [0, 0.05) is 19.2 Å². The van der Waals surface area contributed by atoms with E-state index in [1.54, 1.807) is 30.1 Å². The fourth-order valence-electron chi connectivity index (χ4n) is 2.78. The van der Waals surface area contributed by atoms with Gasteiger partial charge in [-0.25, -0.2) is 0 Å². The number of carbonyl (C=O) groups is 2. The molecule has 0 heterocycles. The summed E-state index contributed by atoms with van der Waals surface area (Å²) in [6.45, 7) is 3.04. The van der Waals surface area contributed by atoms with Gasteiger partial charge < -0.3 is 14.9 Å². The van der Waals surface area contributed by atoms with Crippen molar-refractivity contribution in [2.75, 3.05) is 34.2 Å². The van der Waals surface area contributed by atoms with Crippen LogP contribution >= 0.6 is 0 Å². The minimum Gasteiger partial charge on any atom is -0.507 e. The van der Waals surface area contributed by atoms with Crippen molar-refractivity contribution >= 4 is 11.7 Å². The summed E-state index contributed by atoms with van der Waals surface area (Å²) < 4.78 is 0. The van der Waals surface area contributed by atoms with Crippen LogP contribution in [0.3, 0.4) is 0 Å². The number of hydrogen-bond donors (Lipinski definition) is 1. The molecule has 26 heavy (non-hydrogen) atoms. The minimum absolute atomic E-state index is 0.0313. The summed E-state index contributed by atoms with van der Waals surface area (Å²) >= 11 is 0. The molecule has 5 nitrogen and oxygen atoms in total. The SMILES string of the molecule is CC(=O)c1cc(-c2cccc(C(=O)N(C)CCCN(C)C)c2)ccc1O. The summed E-state index contributed by atoms with van der Waals surface area (Å²) in [6, 6.07) is 12.2. The molecule has 0 radical (unpaired) electrons. The normalized spacial score (nSPS) is 10.8. The number of benzene rings is 2. The van der Waals surface area contributed by atoms with Crippen molar-refractivity contribution in [3.63, 3.8) is 0 Å². The number of phenolic OH excluding ortho intramolecular Hbond substituents is 1. The third kappa shape index (κ3) is 4.92. The number of aromatic hydroxyl groups is 1. The summed E-state index contributed by atoms with van der Waals surface area (Å²) in [4.78, 5) is 28.1. The first-order valence-electron chi connectivity index (χ1n) is 8.64. The first-order chi connectivity index (χ1) is 12.3. The van der Waals surface area contributed by atoms with Crippen molar-refractivity contribution in [1.82, 2.24) is 9.80 Å². The Hall–Kier alpha value is -2.66. The van der Waals surface area contributed by atoms with Gasteiger partial charge in [-0.1, -0.05) is 18.2 Å². The predicted molar refractivity (Wildman–Crippen MR) is 104 cm³/mol. The Morgan fingerprint density at radius 3 is 2.31 bits per heavy atom. The molecule has 138 valence electrons. The lowest BCUT2D eigenvalue weighted by Gasteiger charge is -2.19. The summed E-state index contributed by atoms with van der Waals surface area (Å²) in [5, 5.41) is 9.80. The van der Waals surface area contributed by atoms with E-state index in [4.69, 9.17) is 0 Å². The average molecular weight is 354 g/mol. The van der Waals surface area contributed by atoms with Crippen LogP contribution in [0.2, 0.25) is 0 Å². The van der Waals surface area contributed by atoms with Crippen LogP contribution < -0.4 is 0 Å². The van der Waals surface area contributed by atoms with Gasteiger partial charge in [0.2, 0.25) is 0 Å². The van der Waals surface area contributed by atoms with Gasteiger partial charge in [-0.3, -0.25) is 9.59 Å². The van der Waals surface area contributed by atoms with Crippen LogP contribution in [0.1, 0.15) is 34.1 Å². The van der Waals surface area contributed by atoms with Crippen LogP contribution in [0.5, 0.6) is 5.75 Å². The second-order valence-electron chi connectivity index (χ2n) is 6.75. The first-order valence-corrected chi connectivity index (χ1v) is 8.64. The molecule has 0 fully saturated rings. The van der Waals surface area contributed by atoms with Gasteiger partial charge >= 0.3 is 0 Å². The molecule has 5 heteroatoms. The smallest absolute Gasteiger partial charge is 0.253 e. The zero-order valence-electron chi connectivity index (χ0n) is 15.8. The molecular weight excluding hydrogens is 328 g/mol. The number of hydrogen-bond acceptors (Lipinski definition) is 4. The van der Waals surface area contributed by atoms with Gasteiger partial charge in [0.15, 0.2) is 5.78 Å². The molecule has 0 unspecified atom stereocenters. The number of carbonyl (C=O) groups excluding carboxylic acids is 2. The van der Waals surface area contributed by atoms with Gasteiger partial charge in [-0.15, -0.1) is 0 Å². The van der Waals surface area contributed by atoms with E-state index in [0.29, 0.717) is 12.1 Å². The van der Waals surface area contributed by atoms with E-state index in [2.05, 4.69) is 4.90 Å². The Morgan fingerprint density at radius 1 is 0.962 bits per heavy atom. The van der Waals surface area contributed by atoms with Crippen LogP contribution in [0.15, 0.2) is 42.5 Å². The number of ketones is 1. The monoisotopic (exact) mass is 354 g/mol. The molecule has 0 bridgehead atoms. The topological polar surface area (TPSA) is 60.9 Å². The number of Topliss-reactive ketones (excluding diaryl/α,β-unsaturated/α-hetero) is 1. The first kappa shape index (κ1) is 19.7.